The first-order chi connectivity index (χ1) is 8.60. The summed E-state index contributed by atoms with van der Waals surface area (Å²) in [6.07, 6.45) is 2.22. The van der Waals surface area contributed by atoms with Gasteiger partial charge in [-0.1, -0.05) is 13.8 Å². The normalized spacial score (nSPS) is 20.5. The quantitative estimate of drug-likeness (QED) is 0.871. The summed E-state index contributed by atoms with van der Waals surface area (Å²) in [5.41, 5.74) is 0. The summed E-state index contributed by atoms with van der Waals surface area (Å²) in [5.74, 6) is 2.53. The number of rotatable bonds is 3. The van der Waals surface area contributed by atoms with Crippen molar-refractivity contribution in [2.75, 3.05) is 24.6 Å². The molecule has 5 heteroatoms. The molecule has 0 bridgehead atoms. The first kappa shape index (κ1) is 13.7. The van der Waals surface area contributed by atoms with E-state index < -0.39 is 0 Å². The van der Waals surface area contributed by atoms with E-state index in [1.54, 1.807) is 0 Å². The molecule has 0 aliphatic carbocycles. The van der Waals surface area contributed by atoms with Crippen molar-refractivity contribution >= 4 is 21.7 Å². The molecule has 1 aliphatic rings. The van der Waals surface area contributed by atoms with Crippen LogP contribution in [-0.4, -0.2) is 34.8 Å². The van der Waals surface area contributed by atoms with Crippen LogP contribution in [0.25, 0.3) is 0 Å². The Bertz CT molecular complexity index is 411. The predicted octanol–water partition coefficient (Wildman–Crippen LogP) is 2.57. The van der Waals surface area contributed by atoms with E-state index in [2.05, 4.69) is 44.6 Å². The second kappa shape index (κ2) is 5.97. The van der Waals surface area contributed by atoms with Crippen LogP contribution in [0.4, 0.5) is 5.82 Å². The lowest BCUT2D eigenvalue weighted by Crippen LogP contribution is -2.37. The van der Waals surface area contributed by atoms with Crippen molar-refractivity contribution in [2.24, 2.45) is 5.92 Å². The fraction of sp³-hybridized carbons (Fsp3) is 0.692. The third kappa shape index (κ3) is 3.20. The Labute approximate surface area is 117 Å². The number of anilines is 1. The lowest BCUT2D eigenvalue weighted by molar-refractivity contribution is 0.208. The molecule has 0 radical (unpaired) electrons. The maximum absolute atomic E-state index is 9.28. The average molecular weight is 314 g/mol. The summed E-state index contributed by atoms with van der Waals surface area (Å²) in [4.78, 5) is 11.3. The van der Waals surface area contributed by atoms with E-state index in [0.29, 0.717) is 11.8 Å². The summed E-state index contributed by atoms with van der Waals surface area (Å²) in [5, 5.41) is 9.28. The van der Waals surface area contributed by atoms with E-state index in [1.807, 2.05) is 6.07 Å². The number of piperidine rings is 1. The maximum Gasteiger partial charge on any atom is 0.134 e. The molecule has 1 atom stereocenters. The minimum Gasteiger partial charge on any atom is -0.396 e. The molecule has 4 nitrogen and oxygen atoms in total. The fourth-order valence-corrected chi connectivity index (χ4v) is 2.65. The van der Waals surface area contributed by atoms with Gasteiger partial charge in [0.25, 0.3) is 0 Å². The first-order valence-electron chi connectivity index (χ1n) is 6.50. The van der Waals surface area contributed by atoms with Gasteiger partial charge in [0.05, 0.1) is 0 Å². The van der Waals surface area contributed by atoms with Crippen molar-refractivity contribution in [1.29, 1.82) is 0 Å². The van der Waals surface area contributed by atoms with Gasteiger partial charge in [-0.3, -0.25) is 0 Å². The molecule has 2 heterocycles. The number of aliphatic hydroxyl groups is 1. The van der Waals surface area contributed by atoms with Crippen LogP contribution >= 0.6 is 15.9 Å². The molecule has 1 aromatic heterocycles. The lowest BCUT2D eigenvalue weighted by Gasteiger charge is -2.33. The van der Waals surface area contributed by atoms with E-state index in [4.69, 9.17) is 0 Å². The number of hydrogen-bond acceptors (Lipinski definition) is 4. The number of nitrogens with zero attached hydrogens (tertiary/aromatic N) is 3. The van der Waals surface area contributed by atoms with E-state index in [-0.39, 0.29) is 6.61 Å². The zero-order chi connectivity index (χ0) is 13.1. The van der Waals surface area contributed by atoms with Crippen LogP contribution in [0.3, 0.4) is 0 Å². The van der Waals surface area contributed by atoms with Gasteiger partial charge < -0.3 is 10.0 Å². The lowest BCUT2D eigenvalue weighted by atomic mass is 9.99. The molecular formula is C13H20BrN3O. The van der Waals surface area contributed by atoms with Crippen molar-refractivity contribution in [3.8, 4) is 0 Å². The summed E-state index contributed by atoms with van der Waals surface area (Å²) < 4.78 is 0.835. The van der Waals surface area contributed by atoms with Crippen LogP contribution in [0, 0.1) is 5.92 Å². The largest absolute Gasteiger partial charge is 0.396 e. The smallest absolute Gasteiger partial charge is 0.134 e. The molecule has 1 N–H and O–H groups in total. The van der Waals surface area contributed by atoms with Gasteiger partial charge in [0, 0.05) is 31.7 Å². The summed E-state index contributed by atoms with van der Waals surface area (Å²) >= 11 is 3.45. The summed E-state index contributed by atoms with van der Waals surface area (Å²) in [6, 6.07) is 1.96. The van der Waals surface area contributed by atoms with Crippen molar-refractivity contribution in [3.63, 3.8) is 0 Å². The highest BCUT2D eigenvalue weighted by molar-refractivity contribution is 9.10. The molecule has 18 heavy (non-hydrogen) atoms. The molecule has 0 amide bonds. The van der Waals surface area contributed by atoms with Gasteiger partial charge in [-0.15, -0.1) is 0 Å². The monoisotopic (exact) mass is 313 g/mol. The minimum absolute atomic E-state index is 0.264. The molecule has 0 aromatic carbocycles. The van der Waals surface area contributed by atoms with Crippen LogP contribution in [0.15, 0.2) is 10.7 Å². The Morgan fingerprint density at radius 3 is 2.94 bits per heavy atom. The summed E-state index contributed by atoms with van der Waals surface area (Å²) in [7, 11) is 0. The zero-order valence-electron chi connectivity index (χ0n) is 10.9. The molecule has 0 spiro atoms. The highest BCUT2D eigenvalue weighted by Gasteiger charge is 2.21. The molecule has 0 saturated carbocycles. The van der Waals surface area contributed by atoms with Gasteiger partial charge in [0.15, 0.2) is 0 Å². The minimum atomic E-state index is 0.264. The van der Waals surface area contributed by atoms with Gasteiger partial charge in [0.1, 0.15) is 16.2 Å². The first-order valence-corrected chi connectivity index (χ1v) is 7.29. The Morgan fingerprint density at radius 1 is 1.50 bits per heavy atom. The second-order valence-electron chi connectivity index (χ2n) is 5.20. The second-order valence-corrected chi connectivity index (χ2v) is 6.01. The standard InChI is InChI=1S/C13H20BrN3O/c1-9(2)13-15-11(14)6-12(16-13)17-5-3-4-10(7-17)8-18/h6,9-10,18H,3-5,7-8H2,1-2H3. The number of aliphatic hydroxyl groups excluding tert-OH is 1. The number of halogens is 1. The van der Waals surface area contributed by atoms with E-state index in [1.165, 1.54) is 0 Å². The SMILES string of the molecule is CC(C)c1nc(Br)cc(N2CCCC(CO)C2)n1. The Hall–Kier alpha value is -0.680. The van der Waals surface area contributed by atoms with Gasteiger partial charge >= 0.3 is 0 Å². The highest BCUT2D eigenvalue weighted by atomic mass is 79.9. The van der Waals surface area contributed by atoms with E-state index in [9.17, 15) is 5.11 Å². The van der Waals surface area contributed by atoms with Crippen LogP contribution < -0.4 is 4.90 Å². The van der Waals surface area contributed by atoms with Gasteiger partial charge in [-0.25, -0.2) is 9.97 Å². The van der Waals surface area contributed by atoms with E-state index >= 15 is 0 Å². The van der Waals surface area contributed by atoms with E-state index in [0.717, 1.165) is 42.2 Å². The van der Waals surface area contributed by atoms with Gasteiger partial charge in [0.2, 0.25) is 0 Å². The van der Waals surface area contributed by atoms with Crippen LogP contribution in [0.1, 0.15) is 38.4 Å². The average Bonchev–Trinajstić information content (AvgIpc) is 2.38. The van der Waals surface area contributed by atoms with Crippen LogP contribution in [-0.2, 0) is 0 Å². The van der Waals surface area contributed by atoms with Crippen molar-refractivity contribution in [2.45, 2.75) is 32.6 Å². The van der Waals surface area contributed by atoms with Gasteiger partial charge in [-0.05, 0) is 34.7 Å². The Balaban J connectivity index is 2.21. The number of hydrogen-bond donors (Lipinski definition) is 1. The predicted molar refractivity (Wildman–Crippen MR) is 75.8 cm³/mol. The molecular weight excluding hydrogens is 294 g/mol. The maximum atomic E-state index is 9.28. The molecule has 1 aliphatic heterocycles. The van der Waals surface area contributed by atoms with Crippen molar-refractivity contribution in [3.05, 3.63) is 16.5 Å². The Morgan fingerprint density at radius 2 is 2.28 bits per heavy atom. The third-order valence-corrected chi connectivity index (χ3v) is 3.72. The molecule has 1 saturated heterocycles. The van der Waals surface area contributed by atoms with Crippen LogP contribution in [0.5, 0.6) is 0 Å². The fourth-order valence-electron chi connectivity index (χ4n) is 2.27. The summed E-state index contributed by atoms with van der Waals surface area (Å²) in [6.45, 7) is 6.35. The molecule has 1 aromatic rings. The molecule has 2 rings (SSSR count). The molecule has 1 unspecified atom stereocenters. The van der Waals surface area contributed by atoms with Crippen LogP contribution in [0.2, 0.25) is 0 Å². The molecule has 100 valence electrons. The third-order valence-electron chi connectivity index (χ3n) is 3.32. The zero-order valence-corrected chi connectivity index (χ0v) is 12.5. The Kier molecular flexibility index (Phi) is 4.56. The van der Waals surface area contributed by atoms with Crippen molar-refractivity contribution in [1.82, 2.24) is 9.97 Å². The highest BCUT2D eigenvalue weighted by Crippen LogP contribution is 2.25. The number of aromatic nitrogens is 2. The van der Waals surface area contributed by atoms with Gasteiger partial charge in [-0.2, -0.15) is 0 Å². The molecule has 1 fully saturated rings. The van der Waals surface area contributed by atoms with Crippen molar-refractivity contribution < 1.29 is 5.11 Å². The topological polar surface area (TPSA) is 49.2 Å².